The Bertz CT molecular complexity index is 462. The molecule has 0 atom stereocenters. The smallest absolute Gasteiger partial charge is 0.262 e. The third kappa shape index (κ3) is 2.47. The van der Waals surface area contributed by atoms with Gasteiger partial charge in [-0.05, 0) is 25.6 Å². The van der Waals surface area contributed by atoms with Gasteiger partial charge in [-0.15, -0.1) is 0 Å². The fraction of sp³-hybridized carbons (Fsp3) is 0.222. The molecular weight excluding hydrogens is 212 g/mol. The molecule has 0 saturated heterocycles. The van der Waals surface area contributed by atoms with E-state index in [4.69, 9.17) is 10.2 Å². The van der Waals surface area contributed by atoms with Crippen LogP contribution in [0.3, 0.4) is 0 Å². The molecule has 2 N–H and O–H groups in total. The van der Waals surface area contributed by atoms with Gasteiger partial charge < -0.3 is 10.2 Å². The second kappa shape index (κ2) is 3.90. The van der Waals surface area contributed by atoms with Crippen LogP contribution in [0.1, 0.15) is 11.5 Å². The largest absolute Gasteiger partial charge is 0.439 e. The zero-order valence-corrected chi connectivity index (χ0v) is 9.21. The number of nitrogen functional groups attached to an aromatic ring is 1. The van der Waals surface area contributed by atoms with Crippen LogP contribution < -0.4 is 5.73 Å². The monoisotopic (exact) mass is 222 g/mol. The Labute approximate surface area is 91.1 Å². The van der Waals surface area contributed by atoms with Crippen LogP contribution in [0.4, 0.5) is 5.82 Å². The molecule has 0 aliphatic carbocycles. The van der Waals surface area contributed by atoms with Gasteiger partial charge in [-0.25, -0.2) is 15.0 Å². The summed E-state index contributed by atoms with van der Waals surface area (Å²) in [5.41, 5.74) is 6.45. The van der Waals surface area contributed by atoms with Crippen molar-refractivity contribution in [2.24, 2.45) is 0 Å². The molecule has 0 aliphatic heterocycles. The first kappa shape index (κ1) is 9.97. The Morgan fingerprint density at radius 3 is 2.67 bits per heavy atom. The fourth-order valence-electron chi connectivity index (χ4n) is 1.08. The number of rotatable bonds is 2. The number of nitrogens with zero attached hydrogens (tertiary/aromatic N) is 3. The van der Waals surface area contributed by atoms with Gasteiger partial charge in [-0.3, -0.25) is 0 Å². The molecule has 6 heteroatoms. The SMILES string of the molecule is Cc1coc(Sc2cc(N)nc(C)n2)n1. The number of nitrogens with two attached hydrogens (primary N) is 1. The van der Waals surface area contributed by atoms with Gasteiger partial charge in [0.05, 0.1) is 5.69 Å². The summed E-state index contributed by atoms with van der Waals surface area (Å²) in [4.78, 5) is 12.4. The van der Waals surface area contributed by atoms with Crippen molar-refractivity contribution >= 4 is 17.6 Å². The summed E-state index contributed by atoms with van der Waals surface area (Å²) in [5.74, 6) is 1.09. The minimum Gasteiger partial charge on any atom is -0.439 e. The van der Waals surface area contributed by atoms with Crippen molar-refractivity contribution in [1.29, 1.82) is 0 Å². The molecule has 0 bridgehead atoms. The van der Waals surface area contributed by atoms with E-state index in [1.165, 1.54) is 11.8 Å². The zero-order valence-electron chi connectivity index (χ0n) is 8.39. The predicted molar refractivity (Wildman–Crippen MR) is 56.5 cm³/mol. The number of oxazole rings is 1. The van der Waals surface area contributed by atoms with Gasteiger partial charge in [-0.1, -0.05) is 0 Å². The van der Waals surface area contributed by atoms with E-state index in [9.17, 15) is 0 Å². The van der Waals surface area contributed by atoms with E-state index in [1.54, 1.807) is 19.3 Å². The van der Waals surface area contributed by atoms with E-state index in [0.717, 1.165) is 10.7 Å². The van der Waals surface area contributed by atoms with Gasteiger partial charge in [0.2, 0.25) is 0 Å². The summed E-state index contributed by atoms with van der Waals surface area (Å²) in [6, 6.07) is 1.69. The van der Waals surface area contributed by atoms with E-state index in [1.807, 2.05) is 6.92 Å². The first-order valence-corrected chi connectivity index (χ1v) is 5.16. The molecule has 0 spiro atoms. The molecule has 0 unspecified atom stereocenters. The Hall–Kier alpha value is -1.56. The van der Waals surface area contributed by atoms with Gasteiger partial charge in [0, 0.05) is 6.07 Å². The molecule has 78 valence electrons. The zero-order chi connectivity index (χ0) is 10.8. The molecule has 0 aromatic carbocycles. The fourth-order valence-corrected chi connectivity index (χ4v) is 1.91. The predicted octanol–water partition coefficient (Wildman–Crippen LogP) is 1.81. The summed E-state index contributed by atoms with van der Waals surface area (Å²) in [7, 11) is 0. The molecule has 0 radical (unpaired) electrons. The molecular formula is C9H10N4OS. The number of anilines is 1. The number of aryl methyl sites for hydroxylation is 2. The van der Waals surface area contributed by atoms with Crippen LogP contribution >= 0.6 is 11.8 Å². The van der Waals surface area contributed by atoms with Gasteiger partial charge in [0.1, 0.15) is 22.9 Å². The molecule has 0 fully saturated rings. The highest BCUT2D eigenvalue weighted by atomic mass is 32.2. The Morgan fingerprint density at radius 2 is 2.07 bits per heavy atom. The third-order valence-electron chi connectivity index (χ3n) is 1.62. The highest BCUT2D eigenvalue weighted by molar-refractivity contribution is 7.99. The van der Waals surface area contributed by atoms with Crippen molar-refractivity contribution in [3.8, 4) is 0 Å². The first-order valence-electron chi connectivity index (χ1n) is 4.34. The summed E-state index contributed by atoms with van der Waals surface area (Å²) < 4.78 is 5.20. The third-order valence-corrected chi connectivity index (χ3v) is 2.40. The second-order valence-corrected chi connectivity index (χ2v) is 4.01. The molecule has 15 heavy (non-hydrogen) atoms. The molecule has 2 aromatic rings. The number of aromatic nitrogens is 3. The molecule has 2 heterocycles. The van der Waals surface area contributed by atoms with Crippen molar-refractivity contribution in [2.45, 2.75) is 24.1 Å². The normalized spacial score (nSPS) is 10.5. The average molecular weight is 222 g/mol. The maximum absolute atomic E-state index is 5.60. The van der Waals surface area contributed by atoms with Gasteiger partial charge in [0.15, 0.2) is 0 Å². The second-order valence-electron chi connectivity index (χ2n) is 3.04. The highest BCUT2D eigenvalue weighted by Crippen LogP contribution is 2.25. The summed E-state index contributed by atoms with van der Waals surface area (Å²) in [6.07, 6.45) is 1.60. The van der Waals surface area contributed by atoms with Gasteiger partial charge >= 0.3 is 0 Å². The average Bonchev–Trinajstić information content (AvgIpc) is 2.49. The van der Waals surface area contributed by atoms with E-state index >= 15 is 0 Å². The van der Waals surface area contributed by atoms with Crippen LogP contribution in [-0.2, 0) is 0 Å². The molecule has 0 aliphatic rings. The molecule has 0 saturated carbocycles. The lowest BCUT2D eigenvalue weighted by molar-refractivity contribution is 0.453. The van der Waals surface area contributed by atoms with Crippen molar-refractivity contribution in [3.63, 3.8) is 0 Å². The lowest BCUT2D eigenvalue weighted by atomic mass is 10.5. The van der Waals surface area contributed by atoms with Crippen LogP contribution in [0.15, 0.2) is 27.0 Å². The summed E-state index contributed by atoms with van der Waals surface area (Å²) >= 11 is 1.33. The van der Waals surface area contributed by atoms with E-state index in [0.29, 0.717) is 16.9 Å². The Morgan fingerprint density at radius 1 is 1.27 bits per heavy atom. The van der Waals surface area contributed by atoms with Crippen molar-refractivity contribution < 1.29 is 4.42 Å². The quantitative estimate of drug-likeness (QED) is 0.781. The molecule has 0 amide bonds. The van der Waals surface area contributed by atoms with E-state index in [2.05, 4.69) is 15.0 Å². The van der Waals surface area contributed by atoms with Crippen LogP contribution in [0.5, 0.6) is 0 Å². The maximum atomic E-state index is 5.60. The van der Waals surface area contributed by atoms with Crippen molar-refractivity contribution in [3.05, 3.63) is 23.8 Å². The molecule has 2 aromatic heterocycles. The lowest BCUT2D eigenvalue weighted by Crippen LogP contribution is -1.96. The molecule has 2 rings (SSSR count). The minimum absolute atomic E-state index is 0.452. The minimum atomic E-state index is 0.452. The number of hydrogen-bond acceptors (Lipinski definition) is 6. The van der Waals surface area contributed by atoms with Crippen LogP contribution in [0.2, 0.25) is 0 Å². The summed E-state index contributed by atoms with van der Waals surface area (Å²) in [6.45, 7) is 3.66. The van der Waals surface area contributed by atoms with Gasteiger partial charge in [0.25, 0.3) is 5.22 Å². The Balaban J connectivity index is 2.24. The van der Waals surface area contributed by atoms with Crippen molar-refractivity contribution in [1.82, 2.24) is 15.0 Å². The highest BCUT2D eigenvalue weighted by Gasteiger charge is 2.06. The van der Waals surface area contributed by atoms with E-state index in [-0.39, 0.29) is 0 Å². The maximum Gasteiger partial charge on any atom is 0.262 e. The lowest BCUT2D eigenvalue weighted by Gasteiger charge is -1.99. The number of hydrogen-bond donors (Lipinski definition) is 1. The van der Waals surface area contributed by atoms with Gasteiger partial charge in [-0.2, -0.15) is 0 Å². The first-order chi connectivity index (χ1) is 7.13. The van der Waals surface area contributed by atoms with Crippen LogP contribution in [0, 0.1) is 13.8 Å². The van der Waals surface area contributed by atoms with Crippen LogP contribution in [0.25, 0.3) is 0 Å². The van der Waals surface area contributed by atoms with E-state index < -0.39 is 0 Å². The Kier molecular flexibility index (Phi) is 2.59. The standard InChI is InChI=1S/C9H10N4OS/c1-5-4-14-9(11-5)15-8-3-7(10)12-6(2)13-8/h3-4H,1-2H3,(H2,10,12,13). The topological polar surface area (TPSA) is 77.8 Å². The van der Waals surface area contributed by atoms with Crippen LogP contribution in [-0.4, -0.2) is 15.0 Å². The van der Waals surface area contributed by atoms with Crippen molar-refractivity contribution in [2.75, 3.05) is 5.73 Å². The molecule has 5 nitrogen and oxygen atoms in total. The summed E-state index contributed by atoms with van der Waals surface area (Å²) in [5, 5.41) is 1.30.